The molecule has 1 heterocycles. The summed E-state index contributed by atoms with van der Waals surface area (Å²) >= 11 is 0. The molecule has 3 unspecified atom stereocenters. The summed E-state index contributed by atoms with van der Waals surface area (Å²) < 4.78 is 11.7. The zero-order valence-electron chi connectivity index (χ0n) is 7.79. The van der Waals surface area contributed by atoms with Crippen molar-refractivity contribution >= 4 is 0 Å². The molecule has 1 aliphatic carbocycles. The van der Waals surface area contributed by atoms with Gasteiger partial charge in [-0.05, 0) is 19.3 Å². The molecule has 2 aliphatic rings. The SMILES string of the molecule is CCC1COC2CCCCC2O1. The van der Waals surface area contributed by atoms with Gasteiger partial charge in [-0.1, -0.05) is 19.8 Å². The van der Waals surface area contributed by atoms with E-state index in [0.29, 0.717) is 18.3 Å². The first-order valence-electron chi connectivity index (χ1n) is 5.17. The lowest BCUT2D eigenvalue weighted by Gasteiger charge is -2.39. The van der Waals surface area contributed by atoms with E-state index in [1.807, 2.05) is 0 Å². The molecule has 0 bridgehead atoms. The van der Waals surface area contributed by atoms with Gasteiger partial charge in [0.05, 0.1) is 24.9 Å². The third-order valence-corrected chi connectivity index (χ3v) is 2.96. The molecular formula is C10H18O2. The van der Waals surface area contributed by atoms with Gasteiger partial charge in [-0.3, -0.25) is 0 Å². The van der Waals surface area contributed by atoms with Gasteiger partial charge in [-0.25, -0.2) is 0 Å². The highest BCUT2D eigenvalue weighted by molar-refractivity contribution is 4.81. The molecule has 1 saturated carbocycles. The predicted molar refractivity (Wildman–Crippen MR) is 47.2 cm³/mol. The number of rotatable bonds is 1. The molecule has 3 atom stereocenters. The monoisotopic (exact) mass is 170 g/mol. The lowest BCUT2D eigenvalue weighted by Crippen LogP contribution is -2.44. The zero-order chi connectivity index (χ0) is 8.39. The summed E-state index contributed by atoms with van der Waals surface area (Å²) in [7, 11) is 0. The molecule has 2 fully saturated rings. The molecule has 0 aromatic rings. The second-order valence-electron chi connectivity index (χ2n) is 3.86. The fraction of sp³-hybridized carbons (Fsp3) is 1.00. The van der Waals surface area contributed by atoms with Crippen LogP contribution in [0.4, 0.5) is 0 Å². The molecule has 0 aromatic heterocycles. The van der Waals surface area contributed by atoms with Crippen LogP contribution in [-0.4, -0.2) is 24.9 Å². The summed E-state index contributed by atoms with van der Waals surface area (Å²) in [6, 6.07) is 0. The Labute approximate surface area is 74.2 Å². The van der Waals surface area contributed by atoms with E-state index < -0.39 is 0 Å². The molecule has 0 spiro atoms. The minimum Gasteiger partial charge on any atom is -0.373 e. The Balaban J connectivity index is 1.90. The van der Waals surface area contributed by atoms with Gasteiger partial charge in [-0.2, -0.15) is 0 Å². The first kappa shape index (κ1) is 8.52. The molecular weight excluding hydrogens is 152 g/mol. The molecule has 1 saturated heterocycles. The summed E-state index contributed by atoms with van der Waals surface area (Å²) in [4.78, 5) is 0. The van der Waals surface area contributed by atoms with Gasteiger partial charge in [0.1, 0.15) is 0 Å². The highest BCUT2D eigenvalue weighted by Crippen LogP contribution is 2.28. The topological polar surface area (TPSA) is 18.5 Å². The molecule has 2 rings (SSSR count). The summed E-state index contributed by atoms with van der Waals surface area (Å²) in [5, 5.41) is 0. The average molecular weight is 170 g/mol. The van der Waals surface area contributed by atoms with Crippen LogP contribution in [0.1, 0.15) is 39.0 Å². The van der Waals surface area contributed by atoms with Gasteiger partial charge < -0.3 is 9.47 Å². The quantitative estimate of drug-likeness (QED) is 0.600. The Morgan fingerprint density at radius 1 is 1.17 bits per heavy atom. The highest BCUT2D eigenvalue weighted by atomic mass is 16.6. The summed E-state index contributed by atoms with van der Waals surface area (Å²) in [6.07, 6.45) is 7.34. The van der Waals surface area contributed by atoms with Crippen molar-refractivity contribution in [3.8, 4) is 0 Å². The Morgan fingerprint density at radius 3 is 2.67 bits per heavy atom. The molecule has 12 heavy (non-hydrogen) atoms. The van der Waals surface area contributed by atoms with Crippen molar-refractivity contribution < 1.29 is 9.47 Å². The van der Waals surface area contributed by atoms with E-state index in [4.69, 9.17) is 9.47 Å². The van der Waals surface area contributed by atoms with E-state index >= 15 is 0 Å². The van der Waals surface area contributed by atoms with Crippen molar-refractivity contribution in [1.82, 2.24) is 0 Å². The van der Waals surface area contributed by atoms with E-state index in [1.54, 1.807) is 0 Å². The zero-order valence-corrected chi connectivity index (χ0v) is 7.79. The van der Waals surface area contributed by atoms with Crippen LogP contribution < -0.4 is 0 Å². The highest BCUT2D eigenvalue weighted by Gasteiger charge is 2.32. The van der Waals surface area contributed by atoms with E-state index in [2.05, 4.69) is 6.92 Å². The number of fused-ring (bicyclic) bond motifs is 1. The Morgan fingerprint density at radius 2 is 1.92 bits per heavy atom. The maximum atomic E-state index is 5.91. The van der Waals surface area contributed by atoms with Crippen molar-refractivity contribution in [1.29, 1.82) is 0 Å². The largest absolute Gasteiger partial charge is 0.373 e. The van der Waals surface area contributed by atoms with Crippen LogP contribution >= 0.6 is 0 Å². The Kier molecular flexibility index (Phi) is 2.66. The summed E-state index contributed by atoms with van der Waals surface area (Å²) in [6.45, 7) is 2.98. The van der Waals surface area contributed by atoms with Crippen LogP contribution in [0, 0.1) is 0 Å². The fourth-order valence-corrected chi connectivity index (χ4v) is 2.14. The van der Waals surface area contributed by atoms with Crippen LogP contribution in [-0.2, 0) is 9.47 Å². The maximum Gasteiger partial charge on any atom is 0.0841 e. The van der Waals surface area contributed by atoms with Crippen molar-refractivity contribution in [2.45, 2.75) is 57.3 Å². The van der Waals surface area contributed by atoms with Crippen molar-refractivity contribution in [2.24, 2.45) is 0 Å². The van der Waals surface area contributed by atoms with Gasteiger partial charge in [-0.15, -0.1) is 0 Å². The second kappa shape index (κ2) is 3.75. The molecule has 2 nitrogen and oxygen atoms in total. The van der Waals surface area contributed by atoms with Crippen LogP contribution in [0.3, 0.4) is 0 Å². The molecule has 70 valence electrons. The number of hydrogen-bond donors (Lipinski definition) is 0. The second-order valence-corrected chi connectivity index (χ2v) is 3.86. The minimum atomic E-state index is 0.365. The lowest BCUT2D eigenvalue weighted by molar-refractivity contribution is -0.192. The van der Waals surface area contributed by atoms with E-state index in [9.17, 15) is 0 Å². The van der Waals surface area contributed by atoms with Gasteiger partial charge in [0.2, 0.25) is 0 Å². The Bertz CT molecular complexity index is 147. The van der Waals surface area contributed by atoms with Crippen molar-refractivity contribution in [3.05, 3.63) is 0 Å². The number of hydrogen-bond acceptors (Lipinski definition) is 2. The standard InChI is InChI=1S/C10H18O2/c1-2-8-7-11-9-5-3-4-6-10(9)12-8/h8-10H,2-7H2,1H3. The Hall–Kier alpha value is -0.0800. The van der Waals surface area contributed by atoms with Gasteiger partial charge in [0, 0.05) is 0 Å². The van der Waals surface area contributed by atoms with Crippen LogP contribution in [0.25, 0.3) is 0 Å². The molecule has 0 radical (unpaired) electrons. The van der Waals surface area contributed by atoms with E-state index in [1.165, 1.54) is 25.7 Å². The molecule has 0 amide bonds. The maximum absolute atomic E-state index is 5.91. The fourth-order valence-electron chi connectivity index (χ4n) is 2.14. The third kappa shape index (κ3) is 1.64. The van der Waals surface area contributed by atoms with E-state index in [0.717, 1.165) is 13.0 Å². The van der Waals surface area contributed by atoms with Crippen molar-refractivity contribution in [3.63, 3.8) is 0 Å². The molecule has 2 heteroatoms. The van der Waals surface area contributed by atoms with Crippen LogP contribution in [0.15, 0.2) is 0 Å². The first-order valence-corrected chi connectivity index (χ1v) is 5.17. The molecule has 1 aliphatic heterocycles. The normalized spacial score (nSPS) is 42.2. The third-order valence-electron chi connectivity index (χ3n) is 2.96. The van der Waals surface area contributed by atoms with Gasteiger partial charge in [0.25, 0.3) is 0 Å². The molecule has 0 N–H and O–H groups in total. The van der Waals surface area contributed by atoms with Gasteiger partial charge in [0.15, 0.2) is 0 Å². The van der Waals surface area contributed by atoms with Crippen molar-refractivity contribution in [2.75, 3.05) is 6.61 Å². The average Bonchev–Trinajstić information content (AvgIpc) is 2.17. The minimum absolute atomic E-state index is 0.365. The van der Waals surface area contributed by atoms with Gasteiger partial charge >= 0.3 is 0 Å². The van der Waals surface area contributed by atoms with Crippen LogP contribution in [0.5, 0.6) is 0 Å². The smallest absolute Gasteiger partial charge is 0.0841 e. The lowest BCUT2D eigenvalue weighted by atomic mass is 9.93. The number of ether oxygens (including phenoxy) is 2. The predicted octanol–water partition coefficient (Wildman–Crippen LogP) is 2.12. The van der Waals surface area contributed by atoms with Crippen LogP contribution in [0.2, 0.25) is 0 Å². The first-order chi connectivity index (χ1) is 5.90. The van der Waals surface area contributed by atoms with E-state index in [-0.39, 0.29) is 0 Å². The molecule has 0 aromatic carbocycles. The summed E-state index contributed by atoms with van der Waals surface area (Å²) in [5.74, 6) is 0. The summed E-state index contributed by atoms with van der Waals surface area (Å²) in [5.41, 5.74) is 0.